The first-order valence-electron chi connectivity index (χ1n) is 6.06. The summed E-state index contributed by atoms with van der Waals surface area (Å²) in [6, 6.07) is 6.33. The third-order valence-electron chi connectivity index (χ3n) is 2.76. The van der Waals surface area contributed by atoms with Gasteiger partial charge >= 0.3 is 5.97 Å². The Hall–Kier alpha value is -1.58. The van der Waals surface area contributed by atoms with Crippen molar-refractivity contribution in [2.75, 3.05) is 18.1 Å². The Kier molecular flexibility index (Phi) is 3.61. The molecule has 1 aromatic heterocycles. The predicted octanol–water partition coefficient (Wildman–Crippen LogP) is 1.92. The molecule has 0 aliphatic heterocycles. The number of esters is 1. The molecule has 17 heavy (non-hydrogen) atoms. The third-order valence-corrected chi connectivity index (χ3v) is 2.76. The minimum Gasteiger partial charge on any atom is -0.465 e. The van der Waals surface area contributed by atoms with Crippen molar-refractivity contribution < 1.29 is 9.53 Å². The molecule has 92 valence electrons. The van der Waals surface area contributed by atoms with Crippen molar-refractivity contribution in [3.8, 4) is 0 Å². The summed E-state index contributed by atoms with van der Waals surface area (Å²) in [6.45, 7) is 4.51. The Morgan fingerprint density at radius 3 is 2.88 bits per heavy atom. The molecular formula is C13H18N2O2. The minimum atomic E-state index is -0.178. The lowest BCUT2D eigenvalue weighted by Gasteiger charge is -2.22. The number of pyridine rings is 1. The van der Waals surface area contributed by atoms with Crippen LogP contribution >= 0.6 is 0 Å². The summed E-state index contributed by atoms with van der Waals surface area (Å²) < 4.78 is 4.99. The van der Waals surface area contributed by atoms with Crippen molar-refractivity contribution in [2.24, 2.45) is 0 Å². The lowest BCUT2D eigenvalue weighted by Crippen LogP contribution is -2.33. The summed E-state index contributed by atoms with van der Waals surface area (Å²) >= 11 is 0. The predicted molar refractivity (Wildman–Crippen MR) is 66.0 cm³/mol. The van der Waals surface area contributed by atoms with Crippen LogP contribution in [0.3, 0.4) is 0 Å². The highest BCUT2D eigenvalue weighted by Gasteiger charge is 2.31. The second kappa shape index (κ2) is 5.17. The van der Waals surface area contributed by atoms with Gasteiger partial charge in [0, 0.05) is 11.7 Å². The molecular weight excluding hydrogens is 216 g/mol. The SMILES string of the molecule is CCOC(=O)CN(c1cccc(C)n1)C1CC1. The molecule has 1 fully saturated rings. The fourth-order valence-electron chi connectivity index (χ4n) is 1.82. The first kappa shape index (κ1) is 11.9. The first-order chi connectivity index (χ1) is 8.20. The van der Waals surface area contributed by atoms with Gasteiger partial charge in [-0.05, 0) is 38.8 Å². The zero-order valence-electron chi connectivity index (χ0n) is 10.3. The summed E-state index contributed by atoms with van der Waals surface area (Å²) in [5.41, 5.74) is 0.969. The topological polar surface area (TPSA) is 42.4 Å². The van der Waals surface area contributed by atoms with E-state index in [0.29, 0.717) is 19.2 Å². The molecule has 1 aliphatic carbocycles. The van der Waals surface area contributed by atoms with Crippen molar-refractivity contribution in [2.45, 2.75) is 32.7 Å². The molecule has 1 saturated carbocycles. The van der Waals surface area contributed by atoms with Crippen molar-refractivity contribution in [3.05, 3.63) is 23.9 Å². The van der Waals surface area contributed by atoms with E-state index >= 15 is 0 Å². The first-order valence-corrected chi connectivity index (χ1v) is 6.06. The van der Waals surface area contributed by atoms with Gasteiger partial charge in [0.2, 0.25) is 0 Å². The van der Waals surface area contributed by atoms with E-state index in [0.717, 1.165) is 24.4 Å². The zero-order chi connectivity index (χ0) is 12.3. The number of aromatic nitrogens is 1. The lowest BCUT2D eigenvalue weighted by molar-refractivity contribution is -0.141. The number of rotatable bonds is 5. The van der Waals surface area contributed by atoms with E-state index in [1.165, 1.54) is 0 Å². The van der Waals surface area contributed by atoms with E-state index in [1.807, 2.05) is 36.9 Å². The van der Waals surface area contributed by atoms with Crippen molar-refractivity contribution in [1.82, 2.24) is 4.98 Å². The van der Waals surface area contributed by atoms with Gasteiger partial charge in [0.1, 0.15) is 12.4 Å². The molecule has 0 unspecified atom stereocenters. The summed E-state index contributed by atoms with van der Waals surface area (Å²) in [6.07, 6.45) is 2.27. The van der Waals surface area contributed by atoms with E-state index < -0.39 is 0 Å². The second-order valence-corrected chi connectivity index (χ2v) is 4.30. The maximum atomic E-state index is 11.6. The highest BCUT2D eigenvalue weighted by atomic mass is 16.5. The van der Waals surface area contributed by atoms with Crippen LogP contribution in [0.4, 0.5) is 5.82 Å². The van der Waals surface area contributed by atoms with Crippen molar-refractivity contribution in [1.29, 1.82) is 0 Å². The molecule has 0 amide bonds. The molecule has 1 aromatic rings. The van der Waals surface area contributed by atoms with Gasteiger partial charge in [0.15, 0.2) is 0 Å². The molecule has 0 atom stereocenters. The smallest absolute Gasteiger partial charge is 0.325 e. The second-order valence-electron chi connectivity index (χ2n) is 4.30. The Bertz CT molecular complexity index is 402. The average molecular weight is 234 g/mol. The maximum absolute atomic E-state index is 11.6. The van der Waals surface area contributed by atoms with Crippen LogP contribution in [0.25, 0.3) is 0 Å². The highest BCUT2D eigenvalue weighted by Crippen LogP contribution is 2.30. The van der Waals surface area contributed by atoms with Gasteiger partial charge in [-0.2, -0.15) is 0 Å². The van der Waals surface area contributed by atoms with Crippen LogP contribution in [-0.4, -0.2) is 30.1 Å². The molecule has 0 saturated heterocycles. The van der Waals surface area contributed by atoms with Crippen molar-refractivity contribution in [3.63, 3.8) is 0 Å². The van der Waals surface area contributed by atoms with Gasteiger partial charge in [-0.3, -0.25) is 4.79 Å². The Balaban J connectivity index is 2.09. The molecule has 0 N–H and O–H groups in total. The Labute approximate surface area is 102 Å². The van der Waals surface area contributed by atoms with Gasteiger partial charge in [-0.25, -0.2) is 4.98 Å². The van der Waals surface area contributed by atoms with E-state index in [1.54, 1.807) is 0 Å². The average Bonchev–Trinajstić information content (AvgIpc) is 3.10. The van der Waals surface area contributed by atoms with Crippen LogP contribution in [-0.2, 0) is 9.53 Å². The van der Waals surface area contributed by atoms with Gasteiger partial charge in [0.25, 0.3) is 0 Å². The van der Waals surface area contributed by atoms with Gasteiger partial charge in [-0.15, -0.1) is 0 Å². The molecule has 1 heterocycles. The summed E-state index contributed by atoms with van der Waals surface area (Å²) in [5, 5.41) is 0. The number of carbonyl (C=O) groups is 1. The van der Waals surface area contributed by atoms with Crippen LogP contribution in [0.15, 0.2) is 18.2 Å². The normalized spacial score (nSPS) is 14.5. The maximum Gasteiger partial charge on any atom is 0.325 e. The van der Waals surface area contributed by atoms with Crippen LogP contribution in [0.1, 0.15) is 25.5 Å². The molecule has 0 radical (unpaired) electrons. The Morgan fingerprint density at radius 1 is 1.53 bits per heavy atom. The molecule has 4 heteroatoms. The number of hydrogen-bond donors (Lipinski definition) is 0. The molecule has 1 aliphatic rings. The number of hydrogen-bond acceptors (Lipinski definition) is 4. The van der Waals surface area contributed by atoms with Crippen LogP contribution in [0, 0.1) is 6.92 Å². The van der Waals surface area contributed by atoms with Gasteiger partial charge in [0.05, 0.1) is 6.61 Å². The fourth-order valence-corrected chi connectivity index (χ4v) is 1.82. The van der Waals surface area contributed by atoms with Crippen LogP contribution in [0.5, 0.6) is 0 Å². The van der Waals surface area contributed by atoms with E-state index in [4.69, 9.17) is 4.74 Å². The molecule has 0 aromatic carbocycles. The molecule has 0 spiro atoms. The largest absolute Gasteiger partial charge is 0.465 e. The van der Waals surface area contributed by atoms with Gasteiger partial charge in [-0.1, -0.05) is 6.07 Å². The van der Waals surface area contributed by atoms with Crippen LogP contribution in [0.2, 0.25) is 0 Å². The number of anilines is 1. The van der Waals surface area contributed by atoms with E-state index in [-0.39, 0.29) is 5.97 Å². The monoisotopic (exact) mass is 234 g/mol. The summed E-state index contributed by atoms with van der Waals surface area (Å²) in [7, 11) is 0. The summed E-state index contributed by atoms with van der Waals surface area (Å²) in [4.78, 5) is 18.1. The quantitative estimate of drug-likeness (QED) is 0.730. The third kappa shape index (κ3) is 3.19. The molecule has 4 nitrogen and oxygen atoms in total. The van der Waals surface area contributed by atoms with E-state index in [9.17, 15) is 4.79 Å². The standard InChI is InChI=1S/C13H18N2O2/c1-3-17-13(16)9-15(11-7-8-11)12-6-4-5-10(2)14-12/h4-6,11H,3,7-9H2,1-2H3. The lowest BCUT2D eigenvalue weighted by atomic mass is 10.3. The van der Waals surface area contributed by atoms with Crippen molar-refractivity contribution >= 4 is 11.8 Å². The number of aryl methyl sites for hydroxylation is 1. The Morgan fingerprint density at radius 2 is 2.29 bits per heavy atom. The number of carbonyl (C=O) groups excluding carboxylic acids is 1. The van der Waals surface area contributed by atoms with Gasteiger partial charge < -0.3 is 9.64 Å². The molecule has 2 rings (SSSR count). The zero-order valence-corrected chi connectivity index (χ0v) is 10.3. The minimum absolute atomic E-state index is 0.178. The van der Waals surface area contributed by atoms with Crippen LogP contribution < -0.4 is 4.90 Å². The highest BCUT2D eigenvalue weighted by molar-refractivity contribution is 5.75. The number of ether oxygens (including phenoxy) is 1. The fraction of sp³-hybridized carbons (Fsp3) is 0.538. The number of nitrogens with zero attached hydrogens (tertiary/aromatic N) is 2. The van der Waals surface area contributed by atoms with E-state index in [2.05, 4.69) is 4.98 Å². The summed E-state index contributed by atoms with van der Waals surface area (Å²) in [5.74, 6) is 0.697. The molecule has 0 bridgehead atoms.